The van der Waals surface area contributed by atoms with E-state index in [-0.39, 0.29) is 19.1 Å². The van der Waals surface area contributed by atoms with Gasteiger partial charge in [0.1, 0.15) is 12.2 Å². The predicted octanol–water partition coefficient (Wildman–Crippen LogP) is 1.30. The van der Waals surface area contributed by atoms with E-state index in [0.29, 0.717) is 24.8 Å². The van der Waals surface area contributed by atoms with Gasteiger partial charge >= 0.3 is 5.97 Å². The summed E-state index contributed by atoms with van der Waals surface area (Å²) in [5, 5.41) is 13.3. The van der Waals surface area contributed by atoms with Gasteiger partial charge < -0.3 is 25.5 Å². The highest BCUT2D eigenvalue weighted by atomic mass is 16.5. The minimum absolute atomic E-state index is 0.0881. The van der Waals surface area contributed by atoms with Gasteiger partial charge in [0.05, 0.1) is 12.3 Å². The van der Waals surface area contributed by atoms with Crippen LogP contribution in [0.5, 0.6) is 0 Å². The van der Waals surface area contributed by atoms with E-state index in [0.717, 1.165) is 17.5 Å². The minimum atomic E-state index is -0.407. The quantitative estimate of drug-likeness (QED) is 0.422. The second kappa shape index (κ2) is 10.3. The van der Waals surface area contributed by atoms with Crippen LogP contribution in [0, 0.1) is 5.92 Å². The molecule has 2 heterocycles. The fourth-order valence-corrected chi connectivity index (χ4v) is 2.44. The highest BCUT2D eigenvalue weighted by Crippen LogP contribution is 2.17. The maximum absolute atomic E-state index is 11.3. The van der Waals surface area contributed by atoms with Crippen LogP contribution in [0.4, 0.5) is 5.95 Å². The van der Waals surface area contributed by atoms with Gasteiger partial charge in [-0.2, -0.15) is 4.98 Å². The van der Waals surface area contributed by atoms with Gasteiger partial charge in [0, 0.05) is 43.3 Å². The number of nitrogens with one attached hydrogen (secondary N) is 1. The summed E-state index contributed by atoms with van der Waals surface area (Å²) in [6, 6.07) is 1.93. The molecule has 9 heteroatoms. The van der Waals surface area contributed by atoms with E-state index < -0.39 is 5.97 Å². The zero-order chi connectivity index (χ0) is 19.6. The van der Waals surface area contributed by atoms with Crippen LogP contribution in [-0.4, -0.2) is 51.6 Å². The van der Waals surface area contributed by atoms with Crippen LogP contribution in [0.25, 0.3) is 11.0 Å². The van der Waals surface area contributed by atoms with Gasteiger partial charge in [-0.3, -0.25) is 9.79 Å². The second-order valence-electron chi connectivity index (χ2n) is 5.92. The van der Waals surface area contributed by atoms with Crippen molar-refractivity contribution < 1.29 is 14.6 Å². The number of hydrogen-bond donors (Lipinski definition) is 3. The number of esters is 1. The lowest BCUT2D eigenvalue weighted by Crippen LogP contribution is -2.14. The van der Waals surface area contributed by atoms with Crippen molar-refractivity contribution in [2.75, 3.05) is 25.1 Å². The topological polar surface area (TPSA) is 128 Å². The molecule has 0 aliphatic carbocycles. The van der Waals surface area contributed by atoms with Crippen molar-refractivity contribution in [3.05, 3.63) is 30.4 Å². The second-order valence-corrected chi connectivity index (χ2v) is 5.92. The summed E-state index contributed by atoms with van der Waals surface area (Å²) in [7, 11) is 0. The first kappa shape index (κ1) is 20.4. The van der Waals surface area contributed by atoms with Gasteiger partial charge in [0.2, 0.25) is 5.95 Å². The normalized spacial score (nSPS) is 13.2. The fourth-order valence-electron chi connectivity index (χ4n) is 2.44. The van der Waals surface area contributed by atoms with Gasteiger partial charge in [-0.05, 0) is 25.3 Å². The van der Waals surface area contributed by atoms with E-state index >= 15 is 0 Å². The number of nitrogens with zero attached hydrogens (tertiary/aromatic N) is 4. The molecule has 0 aromatic carbocycles. The van der Waals surface area contributed by atoms with E-state index in [1.807, 2.05) is 23.8 Å². The Morgan fingerprint density at radius 1 is 1.52 bits per heavy atom. The Balaban J connectivity index is 2.11. The smallest absolute Gasteiger partial charge is 0.327 e. The Bertz CT molecular complexity index is 811. The predicted molar refractivity (Wildman–Crippen MR) is 104 cm³/mol. The van der Waals surface area contributed by atoms with Crippen molar-refractivity contribution in [1.29, 1.82) is 0 Å². The van der Waals surface area contributed by atoms with Gasteiger partial charge in [0.25, 0.3) is 0 Å². The molecule has 0 aliphatic heterocycles. The molecular weight excluding hydrogens is 348 g/mol. The number of rotatable bonds is 10. The molecular formula is C18H26N6O3. The first-order chi connectivity index (χ1) is 13.1. The van der Waals surface area contributed by atoms with E-state index in [9.17, 15) is 9.90 Å². The number of nitrogens with two attached hydrogens (primary N) is 1. The molecule has 2 aromatic rings. The largest absolute Gasteiger partial charge is 0.465 e. The maximum Gasteiger partial charge on any atom is 0.327 e. The van der Waals surface area contributed by atoms with Gasteiger partial charge in [0.15, 0.2) is 0 Å². The molecule has 0 radical (unpaired) electrons. The number of aliphatic imine (C=N–C) groups is 1. The van der Waals surface area contributed by atoms with Crippen molar-refractivity contribution in [2.24, 2.45) is 16.6 Å². The van der Waals surface area contributed by atoms with Gasteiger partial charge in [-0.1, -0.05) is 6.92 Å². The molecule has 0 saturated heterocycles. The number of carbonyl (C=O) groups is 1. The van der Waals surface area contributed by atoms with Gasteiger partial charge in [-0.25, -0.2) is 4.98 Å². The lowest BCUT2D eigenvalue weighted by molar-refractivity contribution is -0.141. The van der Waals surface area contributed by atoms with Crippen LogP contribution < -0.4 is 11.1 Å². The average Bonchev–Trinajstić information content (AvgIpc) is 3.07. The zero-order valence-electron chi connectivity index (χ0n) is 15.6. The molecule has 1 atom stereocenters. The first-order valence-corrected chi connectivity index (χ1v) is 8.88. The molecule has 0 saturated carbocycles. The molecule has 0 fully saturated rings. The molecule has 146 valence electrons. The SMILES string of the molecule is CCOC(=O)CN=CC(=CN)Nc1ncc2ccn(CC(CC)CO)c2n1. The molecule has 0 spiro atoms. The summed E-state index contributed by atoms with van der Waals surface area (Å²) in [4.78, 5) is 24.1. The van der Waals surface area contributed by atoms with Crippen LogP contribution >= 0.6 is 0 Å². The number of anilines is 1. The number of aliphatic hydroxyl groups is 1. The highest BCUT2D eigenvalue weighted by molar-refractivity contribution is 5.85. The number of hydrogen-bond acceptors (Lipinski definition) is 8. The van der Waals surface area contributed by atoms with Crippen LogP contribution in [0.1, 0.15) is 20.3 Å². The number of ether oxygens (including phenoxy) is 1. The molecule has 2 rings (SSSR count). The lowest BCUT2D eigenvalue weighted by Gasteiger charge is -2.13. The molecule has 2 aromatic heterocycles. The lowest BCUT2D eigenvalue weighted by atomic mass is 10.1. The summed E-state index contributed by atoms with van der Waals surface area (Å²) in [5.41, 5.74) is 6.82. The Kier molecular flexibility index (Phi) is 7.75. The van der Waals surface area contributed by atoms with E-state index in [1.165, 1.54) is 12.4 Å². The van der Waals surface area contributed by atoms with E-state index in [2.05, 4.69) is 20.3 Å². The highest BCUT2D eigenvalue weighted by Gasteiger charge is 2.10. The van der Waals surface area contributed by atoms with Crippen molar-refractivity contribution >= 4 is 29.2 Å². The monoisotopic (exact) mass is 374 g/mol. The number of fused-ring (bicyclic) bond motifs is 1. The summed E-state index contributed by atoms with van der Waals surface area (Å²) >= 11 is 0. The molecule has 0 bridgehead atoms. The molecule has 27 heavy (non-hydrogen) atoms. The van der Waals surface area contributed by atoms with Crippen molar-refractivity contribution in [2.45, 2.75) is 26.8 Å². The number of aliphatic hydroxyl groups excluding tert-OH is 1. The summed E-state index contributed by atoms with van der Waals surface area (Å²) in [5.74, 6) is 0.121. The number of allylic oxidation sites excluding steroid dienone is 1. The Morgan fingerprint density at radius 3 is 3.00 bits per heavy atom. The summed E-state index contributed by atoms with van der Waals surface area (Å²) in [6.45, 7) is 4.81. The third-order valence-electron chi connectivity index (χ3n) is 3.98. The van der Waals surface area contributed by atoms with Crippen LogP contribution in [0.3, 0.4) is 0 Å². The summed E-state index contributed by atoms with van der Waals surface area (Å²) in [6.07, 6.45) is 7.28. The summed E-state index contributed by atoms with van der Waals surface area (Å²) < 4.78 is 6.80. The van der Waals surface area contributed by atoms with Gasteiger partial charge in [-0.15, -0.1) is 0 Å². The molecule has 4 N–H and O–H groups in total. The molecule has 9 nitrogen and oxygen atoms in total. The average molecular weight is 374 g/mol. The van der Waals surface area contributed by atoms with Crippen molar-refractivity contribution in [3.63, 3.8) is 0 Å². The van der Waals surface area contributed by atoms with Crippen molar-refractivity contribution in [1.82, 2.24) is 14.5 Å². The molecule has 0 amide bonds. The zero-order valence-corrected chi connectivity index (χ0v) is 15.6. The maximum atomic E-state index is 11.3. The number of aromatic nitrogens is 3. The van der Waals surface area contributed by atoms with Crippen LogP contribution in [0.2, 0.25) is 0 Å². The standard InChI is InChI=1S/C18H26N6O3/c1-3-13(12-25)11-24-6-5-14-8-21-18(23-17(14)24)22-15(7-19)9-20-10-16(26)27-4-2/h5-9,13,25H,3-4,10-12,19H2,1-2H3,(H,21,22,23). The Morgan fingerprint density at radius 2 is 2.33 bits per heavy atom. The first-order valence-electron chi connectivity index (χ1n) is 8.88. The third-order valence-corrected chi connectivity index (χ3v) is 3.98. The minimum Gasteiger partial charge on any atom is -0.465 e. The Hall–Kier alpha value is -2.94. The molecule has 0 aliphatic rings. The Labute approximate surface area is 158 Å². The van der Waals surface area contributed by atoms with Crippen molar-refractivity contribution in [3.8, 4) is 0 Å². The fraction of sp³-hybridized carbons (Fsp3) is 0.444. The third kappa shape index (κ3) is 5.78. The number of carbonyl (C=O) groups excluding carboxylic acids is 1. The molecule has 1 unspecified atom stereocenters. The van der Waals surface area contributed by atoms with Crippen LogP contribution in [0.15, 0.2) is 35.3 Å². The van der Waals surface area contributed by atoms with Crippen LogP contribution in [-0.2, 0) is 16.1 Å². The van der Waals surface area contributed by atoms with E-state index in [4.69, 9.17) is 10.5 Å². The van der Waals surface area contributed by atoms with E-state index in [1.54, 1.807) is 13.1 Å².